The largest absolute Gasteiger partial charge is 0.341 e. The molecule has 3 aromatic heterocycles. The minimum Gasteiger partial charge on any atom is -0.341 e. The van der Waals surface area contributed by atoms with Gasteiger partial charge < -0.3 is 15.5 Å². The number of fused-ring (bicyclic) bond motifs is 3. The first-order chi connectivity index (χ1) is 17.7. The second-order valence-electron chi connectivity index (χ2n) is 10.6. The van der Waals surface area contributed by atoms with Crippen LogP contribution in [0.2, 0.25) is 0 Å². The van der Waals surface area contributed by atoms with Crippen molar-refractivity contribution in [3.63, 3.8) is 0 Å². The van der Waals surface area contributed by atoms with Crippen molar-refractivity contribution in [2.24, 2.45) is 5.92 Å². The fourth-order valence-electron chi connectivity index (χ4n) is 5.83. The van der Waals surface area contributed by atoms with Gasteiger partial charge in [0.25, 0.3) is 0 Å². The molecule has 3 aliphatic rings. The summed E-state index contributed by atoms with van der Waals surface area (Å²) in [5.74, 6) is 1.92. The molecule has 4 atom stereocenters. The molecule has 0 saturated carbocycles. The van der Waals surface area contributed by atoms with Crippen molar-refractivity contribution in [3.05, 3.63) is 22.7 Å². The van der Waals surface area contributed by atoms with Crippen molar-refractivity contribution in [2.75, 3.05) is 30.4 Å². The first-order valence-electron chi connectivity index (χ1n) is 12.6. The summed E-state index contributed by atoms with van der Waals surface area (Å²) in [6, 6.07) is 6.63. The fraction of sp³-hybridized carbons (Fsp3) is 0.583. The number of aromatic nitrogens is 4. The number of H-pyrrole nitrogens is 1. The number of nitrogens with one attached hydrogen (secondary N) is 3. The molecule has 37 heavy (non-hydrogen) atoms. The van der Waals surface area contributed by atoms with Gasteiger partial charge in [0.1, 0.15) is 10.6 Å². The first-order valence-corrected chi connectivity index (χ1v) is 15.0. The van der Waals surface area contributed by atoms with E-state index >= 15 is 0 Å². The third-order valence-electron chi connectivity index (χ3n) is 7.81. The Morgan fingerprint density at radius 2 is 1.89 bits per heavy atom. The Bertz CT molecular complexity index is 1460. The van der Waals surface area contributed by atoms with Gasteiger partial charge >= 0.3 is 0 Å². The van der Waals surface area contributed by atoms with Crippen LogP contribution in [0.25, 0.3) is 10.2 Å². The van der Waals surface area contributed by atoms with Gasteiger partial charge in [-0.15, -0.1) is 11.3 Å². The molecule has 3 saturated heterocycles. The van der Waals surface area contributed by atoms with Crippen LogP contribution in [0.15, 0.2) is 12.1 Å². The Kier molecular flexibility index (Phi) is 6.10. The summed E-state index contributed by atoms with van der Waals surface area (Å²) in [5.41, 5.74) is 0.965. The topological polar surface area (TPSA) is 143 Å². The summed E-state index contributed by atoms with van der Waals surface area (Å²) in [5, 5.41) is 23.9. The maximum absolute atomic E-state index is 13.2. The van der Waals surface area contributed by atoms with Crippen molar-refractivity contribution < 1.29 is 8.42 Å². The number of nitriles is 1. The summed E-state index contributed by atoms with van der Waals surface area (Å²) >= 11 is 1.64. The third-order valence-corrected chi connectivity index (χ3v) is 11.0. The highest BCUT2D eigenvalue weighted by atomic mass is 32.2. The number of aromatic amines is 1. The number of aryl methyl sites for hydroxylation is 2. The molecule has 0 aromatic carbocycles. The number of sulfonamides is 1. The predicted octanol–water partition coefficient (Wildman–Crippen LogP) is 2.65. The van der Waals surface area contributed by atoms with E-state index in [-0.39, 0.29) is 29.3 Å². The lowest BCUT2D eigenvalue weighted by Gasteiger charge is -2.47. The Morgan fingerprint density at radius 1 is 1.16 bits per heavy atom. The number of hydrogen-bond donors (Lipinski definition) is 3. The van der Waals surface area contributed by atoms with Crippen LogP contribution in [0.1, 0.15) is 36.3 Å². The zero-order valence-corrected chi connectivity index (χ0v) is 22.7. The molecule has 3 N–H and O–H groups in total. The van der Waals surface area contributed by atoms with E-state index < -0.39 is 10.0 Å². The molecule has 6 rings (SSSR count). The number of piperidine rings is 2. The van der Waals surface area contributed by atoms with E-state index in [9.17, 15) is 8.42 Å². The van der Waals surface area contributed by atoms with E-state index in [0.717, 1.165) is 39.4 Å². The molecule has 3 aliphatic heterocycles. The molecule has 2 bridgehead atoms. The number of anilines is 3. The van der Waals surface area contributed by atoms with Gasteiger partial charge in [-0.2, -0.15) is 19.6 Å². The second kappa shape index (κ2) is 9.20. The number of hydrogen-bond acceptors (Lipinski definition) is 10. The Hall–Kier alpha value is -2.79. The van der Waals surface area contributed by atoms with Gasteiger partial charge in [0, 0.05) is 54.9 Å². The van der Waals surface area contributed by atoms with Gasteiger partial charge in [-0.25, -0.2) is 13.4 Å². The van der Waals surface area contributed by atoms with Crippen LogP contribution in [-0.4, -0.2) is 76.4 Å². The van der Waals surface area contributed by atoms with Gasteiger partial charge in [0.05, 0.1) is 22.6 Å². The molecular formula is C24H31N9O2S2. The van der Waals surface area contributed by atoms with E-state index in [1.165, 1.54) is 4.31 Å². The summed E-state index contributed by atoms with van der Waals surface area (Å²) < 4.78 is 27.8. The summed E-state index contributed by atoms with van der Waals surface area (Å²) in [4.78, 5) is 14.0. The molecule has 3 fully saturated rings. The molecule has 2 unspecified atom stereocenters. The maximum atomic E-state index is 13.2. The monoisotopic (exact) mass is 541 g/mol. The van der Waals surface area contributed by atoms with Gasteiger partial charge in [-0.05, 0) is 45.6 Å². The van der Waals surface area contributed by atoms with Crippen LogP contribution in [0.4, 0.5) is 17.6 Å². The lowest BCUT2D eigenvalue weighted by molar-refractivity contribution is 0.204. The van der Waals surface area contributed by atoms with E-state index in [0.29, 0.717) is 37.7 Å². The SMILES string of the molecule is Cc1cc(Nc2nc(N(C)C3C[C@@H]4CC(S(=O)(=O)N5CC(C#N)C5)C[C@H](C3)N4)nc3sc(C)cc23)n[nH]1. The Morgan fingerprint density at radius 3 is 2.54 bits per heavy atom. The molecule has 3 aromatic rings. The van der Waals surface area contributed by atoms with Crippen LogP contribution in [0.3, 0.4) is 0 Å². The molecular weight excluding hydrogens is 510 g/mol. The molecule has 196 valence electrons. The standard InChI is InChI=1S/C24H31N9O2S2/c1-13-4-21(31-30-13)27-22-20-5-14(2)36-23(20)29-24(28-22)32(3)18-6-16-8-19(9-17(7-18)26-16)37(34,35)33-11-15(10-25)12-33/h4-5,15-19,26H,6-9,11-12H2,1-3H3,(H2,27,28,29,30,31)/t16-,17+,18?,19?. The smallest absolute Gasteiger partial charge is 0.228 e. The molecule has 13 heteroatoms. The molecule has 0 amide bonds. The quantitative estimate of drug-likeness (QED) is 0.429. The lowest BCUT2D eigenvalue weighted by atomic mass is 9.83. The maximum Gasteiger partial charge on any atom is 0.228 e. The van der Waals surface area contributed by atoms with Gasteiger partial charge in [0.15, 0.2) is 5.82 Å². The third kappa shape index (κ3) is 4.56. The molecule has 0 aliphatic carbocycles. The first kappa shape index (κ1) is 24.5. The Balaban J connectivity index is 1.20. The summed E-state index contributed by atoms with van der Waals surface area (Å²) in [6.07, 6.45) is 2.83. The molecule has 6 heterocycles. The van der Waals surface area contributed by atoms with E-state index in [4.69, 9.17) is 15.2 Å². The highest BCUT2D eigenvalue weighted by Crippen LogP contribution is 2.37. The van der Waals surface area contributed by atoms with Crippen molar-refractivity contribution in [1.29, 1.82) is 5.26 Å². The van der Waals surface area contributed by atoms with E-state index in [1.54, 1.807) is 11.3 Å². The molecule has 0 radical (unpaired) electrons. The zero-order chi connectivity index (χ0) is 25.9. The van der Waals surface area contributed by atoms with Crippen LogP contribution in [0, 0.1) is 31.1 Å². The fourth-order valence-corrected chi connectivity index (χ4v) is 8.85. The summed E-state index contributed by atoms with van der Waals surface area (Å²) in [6.45, 7) is 4.69. The van der Waals surface area contributed by atoms with Crippen LogP contribution in [0.5, 0.6) is 0 Å². The van der Waals surface area contributed by atoms with E-state index in [1.807, 2.05) is 20.0 Å². The minimum atomic E-state index is -3.37. The zero-order valence-electron chi connectivity index (χ0n) is 21.1. The minimum absolute atomic E-state index is 0.116. The summed E-state index contributed by atoms with van der Waals surface area (Å²) in [7, 11) is -1.33. The average molecular weight is 542 g/mol. The van der Waals surface area contributed by atoms with Crippen molar-refractivity contribution in [3.8, 4) is 6.07 Å². The number of nitrogens with zero attached hydrogens (tertiary/aromatic N) is 6. The van der Waals surface area contributed by atoms with Crippen LogP contribution in [-0.2, 0) is 10.0 Å². The van der Waals surface area contributed by atoms with Crippen molar-refractivity contribution >= 4 is 49.2 Å². The number of thiophene rings is 1. The predicted molar refractivity (Wildman–Crippen MR) is 144 cm³/mol. The lowest BCUT2D eigenvalue weighted by Crippen LogP contribution is -2.61. The highest BCUT2D eigenvalue weighted by molar-refractivity contribution is 7.89. The van der Waals surface area contributed by atoms with Crippen LogP contribution < -0.4 is 15.5 Å². The van der Waals surface area contributed by atoms with Gasteiger partial charge in [0.2, 0.25) is 16.0 Å². The second-order valence-corrected chi connectivity index (χ2v) is 14.0. The van der Waals surface area contributed by atoms with Crippen molar-refractivity contribution in [1.82, 2.24) is 29.8 Å². The molecule has 11 nitrogen and oxygen atoms in total. The average Bonchev–Trinajstić information content (AvgIpc) is 3.41. The van der Waals surface area contributed by atoms with Gasteiger partial charge in [-0.1, -0.05) is 0 Å². The van der Waals surface area contributed by atoms with Gasteiger partial charge in [-0.3, -0.25) is 5.10 Å². The normalized spacial score (nSPS) is 26.5. The number of rotatable bonds is 6. The Labute approximate surface area is 220 Å². The molecule has 0 spiro atoms. The van der Waals surface area contributed by atoms with Crippen molar-refractivity contribution in [2.45, 2.75) is 62.9 Å². The highest BCUT2D eigenvalue weighted by Gasteiger charge is 2.46. The van der Waals surface area contributed by atoms with Crippen LogP contribution >= 0.6 is 11.3 Å². The van der Waals surface area contributed by atoms with E-state index in [2.05, 4.69) is 44.8 Å².